The van der Waals surface area contributed by atoms with E-state index in [0.29, 0.717) is 4.57 Å². The number of benzene rings is 1. The second-order valence-corrected chi connectivity index (χ2v) is 5.46. The molecule has 0 saturated carbocycles. The maximum Gasteiger partial charge on any atom is 0.256 e. The van der Waals surface area contributed by atoms with E-state index in [2.05, 4.69) is 26.7 Å². The van der Waals surface area contributed by atoms with Crippen molar-refractivity contribution in [2.45, 2.75) is 13.0 Å². The molecular formula is C15H11BrF4NO3Y-. The topological polar surface area (TPSA) is 40.5 Å². The molecule has 0 aliphatic heterocycles. The Labute approximate surface area is 174 Å². The van der Waals surface area contributed by atoms with Crippen molar-refractivity contribution in [3.8, 4) is 17.0 Å². The van der Waals surface area contributed by atoms with Gasteiger partial charge in [-0.1, -0.05) is 5.69 Å². The monoisotopic (exact) mass is 497 g/mol. The quantitative estimate of drug-likeness (QED) is 0.348. The van der Waals surface area contributed by atoms with E-state index in [0.717, 1.165) is 18.2 Å². The van der Waals surface area contributed by atoms with E-state index in [1.807, 2.05) is 0 Å². The standard InChI is InChI=1S/C15H11BrF4NO3.Y/c1-23-7-24-8-4-10(17)14(11(18)5-8)12-3-2-9(16)15(22)21(12)6-13(19)20;/h2,4-5,13H,6-7H2,1H3;/q-1;. The van der Waals surface area contributed by atoms with E-state index in [1.54, 1.807) is 0 Å². The number of hydrogen-bond donors (Lipinski definition) is 0. The maximum absolute atomic E-state index is 14.3. The molecule has 0 fully saturated rings. The first-order valence-corrected chi connectivity index (χ1v) is 7.34. The number of rotatable bonds is 6. The molecule has 1 heterocycles. The van der Waals surface area contributed by atoms with Crippen LogP contribution >= 0.6 is 15.9 Å². The zero-order valence-corrected chi connectivity index (χ0v) is 17.3. The SMILES string of the molecule is COCOc1cc(F)c(-c2[c-]cc(Br)c(=O)n2CC(F)F)c(F)c1.[Y]. The molecule has 2 rings (SSSR count). The number of alkyl halides is 2. The Hall–Kier alpha value is -0.766. The van der Waals surface area contributed by atoms with Crippen LogP contribution in [0.4, 0.5) is 17.6 Å². The predicted octanol–water partition coefficient (Wildman–Crippen LogP) is 3.60. The van der Waals surface area contributed by atoms with Crippen LogP contribution in [0.15, 0.2) is 27.5 Å². The van der Waals surface area contributed by atoms with Crippen molar-refractivity contribution in [1.82, 2.24) is 4.57 Å². The molecule has 0 aliphatic carbocycles. The molecule has 0 N–H and O–H groups in total. The normalized spacial score (nSPS) is 10.7. The number of nitrogens with zero attached hydrogens (tertiary/aromatic N) is 1. The van der Waals surface area contributed by atoms with E-state index >= 15 is 0 Å². The minimum atomic E-state index is -2.89. The molecule has 2 aromatic rings. The molecule has 0 aliphatic rings. The van der Waals surface area contributed by atoms with Crippen LogP contribution in [0.2, 0.25) is 0 Å². The smallest absolute Gasteiger partial charge is 0.256 e. The predicted molar refractivity (Wildman–Crippen MR) is 81.1 cm³/mol. The van der Waals surface area contributed by atoms with Crippen LogP contribution in [0.3, 0.4) is 0 Å². The summed E-state index contributed by atoms with van der Waals surface area (Å²) in [6.07, 6.45) is -2.89. The molecule has 0 unspecified atom stereocenters. The van der Waals surface area contributed by atoms with Crippen LogP contribution < -0.4 is 10.3 Å². The number of pyridine rings is 1. The van der Waals surface area contributed by atoms with Crippen molar-refractivity contribution < 1.29 is 59.7 Å². The first-order chi connectivity index (χ1) is 11.3. The molecule has 133 valence electrons. The van der Waals surface area contributed by atoms with Gasteiger partial charge in [0.2, 0.25) is 5.56 Å². The summed E-state index contributed by atoms with van der Waals surface area (Å²) in [7, 11) is 1.33. The zero-order valence-electron chi connectivity index (χ0n) is 12.9. The summed E-state index contributed by atoms with van der Waals surface area (Å²) in [5.74, 6) is -2.31. The van der Waals surface area contributed by atoms with Gasteiger partial charge in [-0.3, -0.25) is 4.79 Å². The van der Waals surface area contributed by atoms with Crippen LogP contribution in [0.5, 0.6) is 5.75 Å². The van der Waals surface area contributed by atoms with Crippen LogP contribution in [0.25, 0.3) is 11.3 Å². The van der Waals surface area contributed by atoms with Crippen molar-refractivity contribution >= 4 is 15.9 Å². The van der Waals surface area contributed by atoms with Gasteiger partial charge < -0.3 is 14.0 Å². The molecule has 0 atom stereocenters. The minimum Gasteiger partial charge on any atom is -0.467 e. The first-order valence-electron chi connectivity index (χ1n) is 6.55. The zero-order chi connectivity index (χ0) is 17.9. The van der Waals surface area contributed by atoms with Gasteiger partial charge >= 0.3 is 0 Å². The summed E-state index contributed by atoms with van der Waals surface area (Å²) < 4.78 is 64.1. The van der Waals surface area contributed by atoms with E-state index < -0.39 is 41.4 Å². The molecule has 1 aromatic carbocycles. The fraction of sp³-hybridized carbons (Fsp3) is 0.267. The Kier molecular flexibility index (Phi) is 8.73. The van der Waals surface area contributed by atoms with Gasteiger partial charge in [-0.25, -0.2) is 17.6 Å². The van der Waals surface area contributed by atoms with Crippen LogP contribution in [0.1, 0.15) is 0 Å². The van der Waals surface area contributed by atoms with Gasteiger partial charge in [-0.15, -0.1) is 15.9 Å². The van der Waals surface area contributed by atoms with Crippen LogP contribution in [-0.2, 0) is 44.0 Å². The Balaban J connectivity index is 0.00000312. The van der Waals surface area contributed by atoms with E-state index in [1.165, 1.54) is 7.11 Å². The average Bonchev–Trinajstić information content (AvgIpc) is 2.51. The fourth-order valence-electron chi connectivity index (χ4n) is 2.01. The number of methoxy groups -OCH3 is 1. The van der Waals surface area contributed by atoms with Crippen LogP contribution in [0, 0.1) is 17.7 Å². The molecule has 0 saturated heterocycles. The van der Waals surface area contributed by atoms with Gasteiger partial charge in [-0.2, -0.15) is 12.1 Å². The van der Waals surface area contributed by atoms with Gasteiger partial charge in [0.1, 0.15) is 5.75 Å². The summed E-state index contributed by atoms with van der Waals surface area (Å²) in [6, 6.07) is 5.30. The first kappa shape index (κ1) is 22.3. The Morgan fingerprint density at radius 3 is 2.40 bits per heavy atom. The third-order valence-electron chi connectivity index (χ3n) is 2.97. The van der Waals surface area contributed by atoms with E-state index in [9.17, 15) is 22.4 Å². The molecular weight excluding hydrogens is 487 g/mol. The molecule has 1 radical (unpaired) electrons. The third-order valence-corrected chi connectivity index (χ3v) is 3.54. The van der Waals surface area contributed by atoms with Gasteiger partial charge in [0.25, 0.3) is 6.43 Å². The van der Waals surface area contributed by atoms with Crippen molar-refractivity contribution in [3.05, 3.63) is 50.7 Å². The summed E-state index contributed by atoms with van der Waals surface area (Å²) in [5.41, 5.74) is -1.91. The summed E-state index contributed by atoms with van der Waals surface area (Å²) in [6.45, 7) is -1.25. The van der Waals surface area contributed by atoms with E-state index in [4.69, 9.17) is 4.74 Å². The van der Waals surface area contributed by atoms with Crippen LogP contribution in [-0.4, -0.2) is 24.9 Å². The van der Waals surface area contributed by atoms with Crippen molar-refractivity contribution in [1.29, 1.82) is 0 Å². The Morgan fingerprint density at radius 2 is 1.88 bits per heavy atom. The third kappa shape index (κ3) is 5.35. The van der Waals surface area contributed by atoms with Crippen molar-refractivity contribution in [2.24, 2.45) is 0 Å². The molecule has 0 bridgehead atoms. The van der Waals surface area contributed by atoms with Gasteiger partial charge in [0.15, 0.2) is 6.79 Å². The van der Waals surface area contributed by atoms with Gasteiger partial charge in [0, 0.05) is 52.0 Å². The van der Waals surface area contributed by atoms with Gasteiger partial charge in [-0.05, 0) is 10.0 Å². The number of halogens is 5. The molecule has 0 spiro atoms. The second-order valence-electron chi connectivity index (χ2n) is 4.60. The molecule has 10 heteroatoms. The molecule has 4 nitrogen and oxygen atoms in total. The molecule has 25 heavy (non-hydrogen) atoms. The number of aromatic nitrogens is 1. The maximum atomic E-state index is 14.3. The summed E-state index contributed by atoms with van der Waals surface area (Å²) in [5, 5.41) is 0. The van der Waals surface area contributed by atoms with E-state index in [-0.39, 0.29) is 49.7 Å². The number of hydrogen-bond acceptors (Lipinski definition) is 3. The van der Waals surface area contributed by atoms with Crippen molar-refractivity contribution in [3.63, 3.8) is 0 Å². The fourth-order valence-corrected chi connectivity index (χ4v) is 2.34. The largest absolute Gasteiger partial charge is 0.467 e. The molecule has 1 aromatic heterocycles. The Bertz CT molecular complexity index is 778. The average molecular weight is 498 g/mol. The number of ether oxygens (including phenoxy) is 2. The molecule has 0 amide bonds. The summed E-state index contributed by atoms with van der Waals surface area (Å²) >= 11 is 2.89. The summed E-state index contributed by atoms with van der Waals surface area (Å²) in [4.78, 5) is 12.0. The van der Waals surface area contributed by atoms with Crippen molar-refractivity contribution in [2.75, 3.05) is 13.9 Å². The minimum absolute atomic E-state index is 0. The second kappa shape index (κ2) is 9.80. The Morgan fingerprint density at radius 1 is 1.28 bits per heavy atom. The van der Waals surface area contributed by atoms with Gasteiger partial charge in [0.05, 0.1) is 18.2 Å².